The smallest absolute Gasteiger partial charge is 0.0590 e. The number of H-pyrrole nitrogens is 1. The summed E-state index contributed by atoms with van der Waals surface area (Å²) in [5, 5.41) is 4.62. The summed E-state index contributed by atoms with van der Waals surface area (Å²) in [6, 6.07) is 8.57. The lowest BCUT2D eigenvalue weighted by molar-refractivity contribution is 0.149. The first-order valence-electron chi connectivity index (χ1n) is 5.74. The molecule has 0 aliphatic carbocycles. The van der Waals surface area contributed by atoms with E-state index in [9.17, 15) is 0 Å². The summed E-state index contributed by atoms with van der Waals surface area (Å²) in [5.41, 5.74) is 2.50. The zero-order valence-electron chi connectivity index (χ0n) is 9.62. The van der Waals surface area contributed by atoms with Crippen LogP contribution in [-0.2, 0) is 11.3 Å². The first kappa shape index (κ1) is 11.2. The molecule has 0 amide bonds. The van der Waals surface area contributed by atoms with Gasteiger partial charge in [-0.1, -0.05) is 12.1 Å². The van der Waals surface area contributed by atoms with Crippen molar-refractivity contribution < 1.29 is 4.74 Å². The Balaban J connectivity index is 1.84. The SMILES string of the molecule is CCOCCNCc1ccc2cc[nH]c2c1. The number of rotatable bonds is 6. The quantitative estimate of drug-likeness (QED) is 0.730. The number of aromatic nitrogens is 1. The molecule has 3 nitrogen and oxygen atoms in total. The molecule has 2 aromatic rings. The van der Waals surface area contributed by atoms with Gasteiger partial charge in [0.05, 0.1) is 6.61 Å². The predicted molar refractivity (Wildman–Crippen MR) is 66.5 cm³/mol. The van der Waals surface area contributed by atoms with Gasteiger partial charge in [0.2, 0.25) is 0 Å². The van der Waals surface area contributed by atoms with Gasteiger partial charge in [-0.05, 0) is 30.0 Å². The van der Waals surface area contributed by atoms with E-state index in [-0.39, 0.29) is 0 Å². The molecule has 0 saturated carbocycles. The highest BCUT2D eigenvalue weighted by Crippen LogP contribution is 2.13. The summed E-state index contributed by atoms with van der Waals surface area (Å²) in [4.78, 5) is 3.22. The summed E-state index contributed by atoms with van der Waals surface area (Å²) < 4.78 is 5.26. The predicted octanol–water partition coefficient (Wildman–Crippen LogP) is 2.29. The third kappa shape index (κ3) is 2.84. The van der Waals surface area contributed by atoms with Crippen molar-refractivity contribution in [2.75, 3.05) is 19.8 Å². The van der Waals surface area contributed by atoms with Gasteiger partial charge in [0.1, 0.15) is 0 Å². The average molecular weight is 218 g/mol. The van der Waals surface area contributed by atoms with E-state index >= 15 is 0 Å². The molecule has 1 aromatic heterocycles. The fourth-order valence-electron chi connectivity index (χ4n) is 1.73. The number of ether oxygens (including phenoxy) is 1. The third-order valence-electron chi connectivity index (χ3n) is 2.58. The Kier molecular flexibility index (Phi) is 3.97. The second-order valence-electron chi connectivity index (χ2n) is 3.77. The summed E-state index contributed by atoms with van der Waals surface area (Å²) >= 11 is 0. The molecule has 1 heterocycles. The Morgan fingerprint density at radius 2 is 2.25 bits per heavy atom. The average Bonchev–Trinajstić information content (AvgIpc) is 2.76. The summed E-state index contributed by atoms with van der Waals surface area (Å²) in [6.07, 6.45) is 1.97. The lowest BCUT2D eigenvalue weighted by atomic mass is 10.1. The molecule has 0 saturated heterocycles. The maximum Gasteiger partial charge on any atom is 0.0590 e. The Morgan fingerprint density at radius 1 is 1.31 bits per heavy atom. The molecule has 0 fully saturated rings. The molecule has 2 rings (SSSR count). The van der Waals surface area contributed by atoms with E-state index in [0.29, 0.717) is 0 Å². The summed E-state index contributed by atoms with van der Waals surface area (Å²) in [5.74, 6) is 0. The second kappa shape index (κ2) is 5.68. The van der Waals surface area contributed by atoms with Crippen LogP contribution in [0.25, 0.3) is 10.9 Å². The lowest BCUT2D eigenvalue weighted by Gasteiger charge is -2.05. The minimum Gasteiger partial charge on any atom is -0.380 e. The standard InChI is InChI=1S/C13H18N2O/c1-2-16-8-7-14-10-11-3-4-12-5-6-15-13(12)9-11/h3-6,9,14-15H,2,7-8,10H2,1H3. The van der Waals surface area contributed by atoms with E-state index < -0.39 is 0 Å². The van der Waals surface area contributed by atoms with Gasteiger partial charge in [0.25, 0.3) is 0 Å². The molecule has 2 N–H and O–H groups in total. The Bertz CT molecular complexity index is 436. The first-order valence-corrected chi connectivity index (χ1v) is 5.74. The number of nitrogens with one attached hydrogen (secondary N) is 2. The van der Waals surface area contributed by atoms with E-state index in [1.165, 1.54) is 16.5 Å². The highest BCUT2D eigenvalue weighted by molar-refractivity contribution is 5.79. The van der Waals surface area contributed by atoms with E-state index in [4.69, 9.17) is 4.74 Å². The van der Waals surface area contributed by atoms with Gasteiger partial charge >= 0.3 is 0 Å². The van der Waals surface area contributed by atoms with E-state index in [2.05, 4.69) is 34.6 Å². The molecule has 0 atom stereocenters. The van der Waals surface area contributed by atoms with Crippen molar-refractivity contribution in [1.29, 1.82) is 0 Å². The third-order valence-corrected chi connectivity index (χ3v) is 2.58. The molecule has 0 radical (unpaired) electrons. The van der Waals surface area contributed by atoms with Gasteiger partial charge < -0.3 is 15.0 Å². The van der Waals surface area contributed by atoms with Gasteiger partial charge in [0, 0.05) is 31.4 Å². The molecule has 0 spiro atoms. The van der Waals surface area contributed by atoms with Crippen molar-refractivity contribution >= 4 is 10.9 Å². The minimum absolute atomic E-state index is 0.779. The molecule has 0 unspecified atom stereocenters. The van der Waals surface area contributed by atoms with Gasteiger partial charge in [-0.15, -0.1) is 0 Å². The molecule has 0 aliphatic heterocycles. The van der Waals surface area contributed by atoms with Crippen molar-refractivity contribution in [2.24, 2.45) is 0 Å². The maximum absolute atomic E-state index is 5.26. The molecule has 86 valence electrons. The van der Waals surface area contributed by atoms with Crippen LogP contribution >= 0.6 is 0 Å². The highest BCUT2D eigenvalue weighted by Gasteiger charge is 1.96. The van der Waals surface area contributed by atoms with Crippen molar-refractivity contribution in [3.8, 4) is 0 Å². The van der Waals surface area contributed by atoms with Crippen molar-refractivity contribution in [2.45, 2.75) is 13.5 Å². The number of benzene rings is 1. The fraction of sp³-hybridized carbons (Fsp3) is 0.385. The van der Waals surface area contributed by atoms with Crippen molar-refractivity contribution in [1.82, 2.24) is 10.3 Å². The molecule has 16 heavy (non-hydrogen) atoms. The van der Waals surface area contributed by atoms with E-state index in [1.54, 1.807) is 0 Å². The number of aromatic amines is 1. The Hall–Kier alpha value is -1.32. The van der Waals surface area contributed by atoms with Gasteiger partial charge in [-0.3, -0.25) is 0 Å². The first-order chi connectivity index (χ1) is 7.90. The maximum atomic E-state index is 5.26. The second-order valence-corrected chi connectivity index (χ2v) is 3.77. The Morgan fingerprint density at radius 3 is 3.12 bits per heavy atom. The van der Waals surface area contributed by atoms with Crippen LogP contribution in [0, 0.1) is 0 Å². The van der Waals surface area contributed by atoms with Crippen LogP contribution in [0.15, 0.2) is 30.5 Å². The zero-order chi connectivity index (χ0) is 11.2. The van der Waals surface area contributed by atoms with Crippen LogP contribution in [0.2, 0.25) is 0 Å². The monoisotopic (exact) mass is 218 g/mol. The number of hydrogen-bond donors (Lipinski definition) is 2. The Labute approximate surface area is 95.8 Å². The van der Waals surface area contributed by atoms with Gasteiger partial charge in [-0.25, -0.2) is 0 Å². The van der Waals surface area contributed by atoms with Crippen LogP contribution in [-0.4, -0.2) is 24.7 Å². The highest BCUT2D eigenvalue weighted by atomic mass is 16.5. The van der Waals surface area contributed by atoms with Crippen molar-refractivity contribution in [3.05, 3.63) is 36.0 Å². The van der Waals surface area contributed by atoms with E-state index in [1.807, 2.05) is 13.1 Å². The van der Waals surface area contributed by atoms with E-state index in [0.717, 1.165) is 26.3 Å². The molecule has 0 bridgehead atoms. The molecular weight excluding hydrogens is 200 g/mol. The molecule has 3 heteroatoms. The normalized spacial score (nSPS) is 11.1. The number of fused-ring (bicyclic) bond motifs is 1. The van der Waals surface area contributed by atoms with Crippen LogP contribution in [0.5, 0.6) is 0 Å². The molecular formula is C13H18N2O. The lowest BCUT2D eigenvalue weighted by Crippen LogP contribution is -2.19. The van der Waals surface area contributed by atoms with Crippen molar-refractivity contribution in [3.63, 3.8) is 0 Å². The summed E-state index contributed by atoms with van der Waals surface area (Å²) in [6.45, 7) is 5.37. The molecule has 0 aliphatic rings. The van der Waals surface area contributed by atoms with Crippen LogP contribution in [0.3, 0.4) is 0 Å². The zero-order valence-corrected chi connectivity index (χ0v) is 9.62. The van der Waals surface area contributed by atoms with Crippen LogP contribution in [0.1, 0.15) is 12.5 Å². The summed E-state index contributed by atoms with van der Waals surface area (Å²) in [7, 11) is 0. The molecule has 1 aromatic carbocycles. The van der Waals surface area contributed by atoms with Gasteiger partial charge in [-0.2, -0.15) is 0 Å². The fourth-order valence-corrected chi connectivity index (χ4v) is 1.73. The van der Waals surface area contributed by atoms with Gasteiger partial charge in [0.15, 0.2) is 0 Å². The van der Waals surface area contributed by atoms with Crippen LogP contribution in [0.4, 0.5) is 0 Å². The number of hydrogen-bond acceptors (Lipinski definition) is 2. The largest absolute Gasteiger partial charge is 0.380 e. The van der Waals surface area contributed by atoms with Crippen LogP contribution < -0.4 is 5.32 Å². The minimum atomic E-state index is 0.779. The topological polar surface area (TPSA) is 37.0 Å².